The largest absolute Gasteiger partial charge is 0.493 e. The number of hydrogen-bond acceptors (Lipinski definition) is 5. The Hall–Kier alpha value is -1.75. The Morgan fingerprint density at radius 3 is 2.76 bits per heavy atom. The number of ether oxygens (including phenoxy) is 3. The number of hydrogen-bond donors (Lipinski definition) is 1. The van der Waals surface area contributed by atoms with Gasteiger partial charge in [0.05, 0.1) is 19.9 Å². The molecule has 0 aliphatic rings. The molecule has 0 atom stereocenters. The smallest absolute Gasteiger partial charge is 0.161 e. The number of hydrazone groups is 1. The normalized spacial score (nSPS) is 10.7. The van der Waals surface area contributed by atoms with Crippen molar-refractivity contribution >= 4 is 6.21 Å². The highest BCUT2D eigenvalue weighted by Crippen LogP contribution is 2.27. The molecule has 0 fully saturated rings. The van der Waals surface area contributed by atoms with Crippen LogP contribution in [0.5, 0.6) is 11.5 Å². The molecule has 0 unspecified atom stereocenters. The highest BCUT2D eigenvalue weighted by Gasteiger charge is 2.04. The first-order chi connectivity index (χ1) is 8.31. The van der Waals surface area contributed by atoms with E-state index in [4.69, 9.17) is 20.1 Å². The zero-order valence-electron chi connectivity index (χ0n) is 10.2. The molecule has 2 N–H and O–H groups in total. The maximum absolute atomic E-state index is 5.56. The van der Waals surface area contributed by atoms with Crippen molar-refractivity contribution in [3.8, 4) is 11.5 Å². The molecule has 0 spiro atoms. The summed E-state index contributed by atoms with van der Waals surface area (Å²) in [6.45, 7) is 3.65. The van der Waals surface area contributed by atoms with E-state index in [0.717, 1.165) is 5.56 Å². The molecule has 0 radical (unpaired) electrons. The summed E-state index contributed by atoms with van der Waals surface area (Å²) in [4.78, 5) is 0. The summed E-state index contributed by atoms with van der Waals surface area (Å²) in [5.41, 5.74) is 0.861. The van der Waals surface area contributed by atoms with Crippen molar-refractivity contribution in [2.45, 2.75) is 6.92 Å². The molecule has 1 aromatic carbocycles. The van der Waals surface area contributed by atoms with Gasteiger partial charge in [0.2, 0.25) is 0 Å². The second-order valence-corrected chi connectivity index (χ2v) is 3.23. The average Bonchev–Trinajstić information content (AvgIpc) is 2.35. The number of nitrogens with zero attached hydrogens (tertiary/aromatic N) is 1. The van der Waals surface area contributed by atoms with Crippen LogP contribution in [0.3, 0.4) is 0 Å². The van der Waals surface area contributed by atoms with Gasteiger partial charge in [-0.15, -0.1) is 0 Å². The summed E-state index contributed by atoms with van der Waals surface area (Å²) in [7, 11) is 1.60. The second-order valence-electron chi connectivity index (χ2n) is 3.23. The van der Waals surface area contributed by atoms with Gasteiger partial charge >= 0.3 is 0 Å². The van der Waals surface area contributed by atoms with E-state index in [9.17, 15) is 0 Å². The van der Waals surface area contributed by atoms with Crippen molar-refractivity contribution < 1.29 is 14.2 Å². The highest BCUT2D eigenvalue weighted by molar-refractivity contribution is 5.80. The Labute approximate surface area is 101 Å². The van der Waals surface area contributed by atoms with Crippen LogP contribution in [0.4, 0.5) is 0 Å². The average molecular weight is 238 g/mol. The molecule has 0 saturated carbocycles. The van der Waals surface area contributed by atoms with Gasteiger partial charge in [0.1, 0.15) is 6.61 Å². The van der Waals surface area contributed by atoms with Crippen molar-refractivity contribution in [1.82, 2.24) is 0 Å². The Bertz CT molecular complexity index is 367. The molecule has 0 aliphatic heterocycles. The molecule has 1 aromatic rings. The first-order valence-electron chi connectivity index (χ1n) is 5.43. The van der Waals surface area contributed by atoms with Crippen molar-refractivity contribution in [3.05, 3.63) is 23.8 Å². The van der Waals surface area contributed by atoms with E-state index in [2.05, 4.69) is 5.10 Å². The van der Waals surface area contributed by atoms with Gasteiger partial charge in [0.15, 0.2) is 11.5 Å². The van der Waals surface area contributed by atoms with Gasteiger partial charge in [-0.1, -0.05) is 0 Å². The highest BCUT2D eigenvalue weighted by atomic mass is 16.5. The predicted molar refractivity (Wildman–Crippen MR) is 66.8 cm³/mol. The minimum Gasteiger partial charge on any atom is -0.493 e. The maximum atomic E-state index is 5.56. The fraction of sp³-hybridized carbons (Fsp3) is 0.417. The molecule has 1 rings (SSSR count). The predicted octanol–water partition coefficient (Wildman–Crippen LogP) is 1.40. The van der Waals surface area contributed by atoms with Crippen molar-refractivity contribution in [1.29, 1.82) is 0 Å². The Kier molecular flexibility index (Phi) is 5.88. The lowest BCUT2D eigenvalue weighted by Gasteiger charge is -2.11. The Balaban J connectivity index is 2.68. The monoisotopic (exact) mass is 238 g/mol. The summed E-state index contributed by atoms with van der Waals surface area (Å²) in [6.07, 6.45) is 1.55. The third-order valence-corrected chi connectivity index (χ3v) is 2.10. The van der Waals surface area contributed by atoms with Gasteiger partial charge < -0.3 is 20.1 Å². The van der Waals surface area contributed by atoms with Gasteiger partial charge in [-0.05, 0) is 30.7 Å². The van der Waals surface area contributed by atoms with Crippen LogP contribution in [0, 0.1) is 0 Å². The fourth-order valence-electron chi connectivity index (χ4n) is 1.33. The summed E-state index contributed by atoms with van der Waals surface area (Å²) >= 11 is 0. The first-order valence-corrected chi connectivity index (χ1v) is 5.43. The first kappa shape index (κ1) is 13.3. The number of rotatable bonds is 7. The van der Waals surface area contributed by atoms with Crippen molar-refractivity contribution in [3.63, 3.8) is 0 Å². The second kappa shape index (κ2) is 7.51. The summed E-state index contributed by atoms with van der Waals surface area (Å²) < 4.78 is 16.0. The van der Waals surface area contributed by atoms with Crippen LogP contribution < -0.4 is 15.3 Å². The van der Waals surface area contributed by atoms with E-state index in [0.29, 0.717) is 31.3 Å². The van der Waals surface area contributed by atoms with Crippen LogP contribution in [-0.2, 0) is 4.74 Å². The number of benzene rings is 1. The Morgan fingerprint density at radius 1 is 1.29 bits per heavy atom. The topological polar surface area (TPSA) is 66.1 Å². The van der Waals surface area contributed by atoms with Gasteiger partial charge in [-0.3, -0.25) is 0 Å². The van der Waals surface area contributed by atoms with Crippen LogP contribution in [0.1, 0.15) is 12.5 Å². The molecule has 94 valence electrons. The van der Waals surface area contributed by atoms with E-state index in [1.54, 1.807) is 13.3 Å². The van der Waals surface area contributed by atoms with Crippen LogP contribution in [0.15, 0.2) is 23.3 Å². The molecule has 17 heavy (non-hydrogen) atoms. The zero-order chi connectivity index (χ0) is 12.5. The van der Waals surface area contributed by atoms with E-state index in [-0.39, 0.29) is 0 Å². The fourth-order valence-corrected chi connectivity index (χ4v) is 1.33. The van der Waals surface area contributed by atoms with Gasteiger partial charge in [0, 0.05) is 6.61 Å². The third kappa shape index (κ3) is 4.32. The van der Waals surface area contributed by atoms with Crippen LogP contribution >= 0.6 is 0 Å². The van der Waals surface area contributed by atoms with E-state index >= 15 is 0 Å². The molecule has 0 heterocycles. The standard InChI is InChI=1S/C12H18N2O3/c1-3-16-6-7-17-12-8-10(9-14-13)4-5-11(12)15-2/h4-5,8-9H,3,6-7,13H2,1-2H3. The van der Waals surface area contributed by atoms with Gasteiger partial charge in [-0.25, -0.2) is 0 Å². The van der Waals surface area contributed by atoms with E-state index < -0.39 is 0 Å². The summed E-state index contributed by atoms with van der Waals surface area (Å²) in [6, 6.07) is 5.48. The molecule has 5 nitrogen and oxygen atoms in total. The zero-order valence-corrected chi connectivity index (χ0v) is 10.2. The SMILES string of the molecule is CCOCCOc1cc(C=NN)ccc1OC. The number of nitrogens with two attached hydrogens (primary N) is 1. The lowest BCUT2D eigenvalue weighted by molar-refractivity contribution is 0.109. The molecular formula is C12H18N2O3. The molecule has 5 heteroatoms. The minimum atomic E-state index is 0.480. The molecular weight excluding hydrogens is 220 g/mol. The molecule has 0 aromatic heterocycles. The van der Waals surface area contributed by atoms with Crippen LogP contribution in [0.2, 0.25) is 0 Å². The molecule has 0 aliphatic carbocycles. The van der Waals surface area contributed by atoms with E-state index in [1.807, 2.05) is 25.1 Å². The maximum Gasteiger partial charge on any atom is 0.161 e. The molecule has 0 amide bonds. The minimum absolute atomic E-state index is 0.480. The Morgan fingerprint density at radius 2 is 2.12 bits per heavy atom. The molecule has 0 saturated heterocycles. The van der Waals surface area contributed by atoms with E-state index in [1.165, 1.54) is 0 Å². The van der Waals surface area contributed by atoms with Gasteiger partial charge in [0.25, 0.3) is 0 Å². The third-order valence-electron chi connectivity index (χ3n) is 2.10. The lowest BCUT2D eigenvalue weighted by Crippen LogP contribution is -2.07. The number of methoxy groups -OCH3 is 1. The van der Waals surface area contributed by atoms with Crippen molar-refractivity contribution in [2.75, 3.05) is 26.9 Å². The van der Waals surface area contributed by atoms with Crippen LogP contribution in [-0.4, -0.2) is 33.1 Å². The lowest BCUT2D eigenvalue weighted by atomic mass is 10.2. The molecule has 0 bridgehead atoms. The van der Waals surface area contributed by atoms with Crippen LogP contribution in [0.25, 0.3) is 0 Å². The van der Waals surface area contributed by atoms with Crippen molar-refractivity contribution in [2.24, 2.45) is 10.9 Å². The summed E-state index contributed by atoms with van der Waals surface area (Å²) in [5.74, 6) is 6.43. The quantitative estimate of drug-likeness (QED) is 0.337. The van der Waals surface area contributed by atoms with Gasteiger partial charge in [-0.2, -0.15) is 5.10 Å². The summed E-state index contributed by atoms with van der Waals surface area (Å²) in [5, 5.41) is 3.47.